The number of benzene rings is 1. The van der Waals surface area contributed by atoms with E-state index in [1.54, 1.807) is 0 Å². The van der Waals surface area contributed by atoms with Gasteiger partial charge in [0, 0.05) is 38.6 Å². The summed E-state index contributed by atoms with van der Waals surface area (Å²) in [6.07, 6.45) is 4.55. The van der Waals surface area contributed by atoms with Crippen molar-refractivity contribution >= 4 is 5.91 Å². The fraction of sp³-hybridized carbons (Fsp3) is 0.600. The maximum absolute atomic E-state index is 12.6. The number of nitriles is 1. The van der Waals surface area contributed by atoms with Crippen molar-refractivity contribution in [3.63, 3.8) is 0 Å². The lowest BCUT2D eigenvalue weighted by Gasteiger charge is -2.22. The van der Waals surface area contributed by atoms with Gasteiger partial charge < -0.3 is 4.90 Å². The Morgan fingerprint density at radius 2 is 2.00 bits per heavy atom. The zero-order valence-electron chi connectivity index (χ0n) is 14.6. The van der Waals surface area contributed by atoms with Crippen LogP contribution in [0.1, 0.15) is 43.7 Å². The lowest BCUT2D eigenvalue weighted by molar-refractivity contribution is -0.132. The molecule has 0 spiro atoms. The second-order valence-corrected chi connectivity index (χ2v) is 7.15. The van der Waals surface area contributed by atoms with E-state index in [0.29, 0.717) is 23.3 Å². The van der Waals surface area contributed by atoms with Crippen molar-refractivity contribution in [1.29, 1.82) is 5.26 Å². The standard InChI is InChI=1S/C20H27N3O/c1-2-4-18-13-19(18)20(24)23-10-3-9-22(11-12-23)15-17-7-5-16(14-21)6-8-17/h5-8,18-19H,2-4,9-13,15H2,1H3/t18-,19+/m0/s1. The van der Waals surface area contributed by atoms with Gasteiger partial charge in [0.05, 0.1) is 11.6 Å². The molecule has 0 bridgehead atoms. The van der Waals surface area contributed by atoms with Crippen LogP contribution in [0.4, 0.5) is 0 Å². The molecule has 4 nitrogen and oxygen atoms in total. The van der Waals surface area contributed by atoms with E-state index in [0.717, 1.165) is 45.6 Å². The summed E-state index contributed by atoms with van der Waals surface area (Å²) in [5, 5.41) is 8.87. The summed E-state index contributed by atoms with van der Waals surface area (Å²) in [5.41, 5.74) is 1.94. The molecule has 1 aliphatic heterocycles. The number of rotatable bonds is 5. The van der Waals surface area contributed by atoms with Crippen LogP contribution in [0.15, 0.2) is 24.3 Å². The van der Waals surface area contributed by atoms with Gasteiger partial charge in [-0.15, -0.1) is 0 Å². The molecule has 1 saturated heterocycles. The van der Waals surface area contributed by atoms with Crippen molar-refractivity contribution in [2.75, 3.05) is 26.2 Å². The van der Waals surface area contributed by atoms with Gasteiger partial charge in [0.15, 0.2) is 0 Å². The topological polar surface area (TPSA) is 47.3 Å². The Hall–Kier alpha value is -1.86. The van der Waals surface area contributed by atoms with E-state index in [1.807, 2.05) is 24.3 Å². The SMILES string of the molecule is CCC[C@H]1C[C@H]1C(=O)N1CCCN(Cc2ccc(C#N)cc2)CC1. The number of carbonyl (C=O) groups excluding carboxylic acids is 1. The Balaban J connectivity index is 1.50. The molecule has 1 saturated carbocycles. The number of amides is 1. The highest BCUT2D eigenvalue weighted by Crippen LogP contribution is 2.43. The second kappa shape index (κ2) is 7.81. The molecule has 1 aromatic carbocycles. The first kappa shape index (κ1) is 17.0. The third-order valence-electron chi connectivity index (χ3n) is 5.29. The van der Waals surface area contributed by atoms with Crippen LogP contribution in [0.25, 0.3) is 0 Å². The first-order valence-corrected chi connectivity index (χ1v) is 9.21. The molecule has 2 atom stereocenters. The van der Waals surface area contributed by atoms with Crippen LogP contribution in [0.2, 0.25) is 0 Å². The fourth-order valence-corrected chi connectivity index (χ4v) is 3.77. The zero-order valence-corrected chi connectivity index (χ0v) is 14.6. The minimum atomic E-state index is 0.315. The van der Waals surface area contributed by atoms with Crippen molar-refractivity contribution < 1.29 is 4.79 Å². The zero-order chi connectivity index (χ0) is 16.9. The molecule has 3 rings (SSSR count). The van der Waals surface area contributed by atoms with Crippen molar-refractivity contribution in [2.24, 2.45) is 11.8 Å². The minimum Gasteiger partial charge on any atom is -0.341 e. The van der Waals surface area contributed by atoms with Crippen molar-refractivity contribution in [2.45, 2.75) is 39.2 Å². The van der Waals surface area contributed by atoms with Crippen molar-refractivity contribution in [1.82, 2.24) is 9.80 Å². The number of carbonyl (C=O) groups is 1. The molecule has 0 N–H and O–H groups in total. The van der Waals surface area contributed by atoms with Crippen LogP contribution >= 0.6 is 0 Å². The molecule has 128 valence electrons. The Labute approximate surface area is 145 Å². The number of hydrogen-bond acceptors (Lipinski definition) is 3. The van der Waals surface area contributed by atoms with Crippen molar-refractivity contribution in [3.8, 4) is 6.07 Å². The van der Waals surface area contributed by atoms with Crippen LogP contribution in [0.3, 0.4) is 0 Å². The minimum absolute atomic E-state index is 0.315. The van der Waals surface area contributed by atoms with E-state index in [1.165, 1.54) is 18.4 Å². The molecule has 0 radical (unpaired) electrons. The fourth-order valence-electron chi connectivity index (χ4n) is 3.77. The van der Waals surface area contributed by atoms with Crippen LogP contribution in [0, 0.1) is 23.2 Å². The summed E-state index contributed by atoms with van der Waals surface area (Å²) in [4.78, 5) is 17.1. The summed E-state index contributed by atoms with van der Waals surface area (Å²) < 4.78 is 0. The molecule has 0 unspecified atom stereocenters. The van der Waals surface area contributed by atoms with Gasteiger partial charge in [-0.1, -0.05) is 25.5 Å². The van der Waals surface area contributed by atoms with Gasteiger partial charge in [0.2, 0.25) is 5.91 Å². The maximum Gasteiger partial charge on any atom is 0.226 e. The molecule has 24 heavy (non-hydrogen) atoms. The predicted octanol–water partition coefficient (Wildman–Crippen LogP) is 3.03. The molecule has 1 aliphatic carbocycles. The third kappa shape index (κ3) is 4.15. The van der Waals surface area contributed by atoms with E-state index in [4.69, 9.17) is 5.26 Å². The Kier molecular flexibility index (Phi) is 5.52. The van der Waals surface area contributed by atoms with Gasteiger partial charge in [-0.25, -0.2) is 0 Å². The summed E-state index contributed by atoms with van der Waals surface area (Å²) in [6, 6.07) is 9.98. The normalized spacial score (nSPS) is 24.2. The van der Waals surface area contributed by atoms with E-state index in [2.05, 4.69) is 22.8 Å². The largest absolute Gasteiger partial charge is 0.341 e. The average molecular weight is 325 g/mol. The van der Waals surface area contributed by atoms with Gasteiger partial charge >= 0.3 is 0 Å². The van der Waals surface area contributed by atoms with E-state index >= 15 is 0 Å². The molecular weight excluding hydrogens is 298 g/mol. The molecule has 2 fully saturated rings. The smallest absolute Gasteiger partial charge is 0.226 e. The van der Waals surface area contributed by atoms with Gasteiger partial charge in [-0.2, -0.15) is 5.26 Å². The number of nitrogens with zero attached hydrogens (tertiary/aromatic N) is 3. The molecule has 1 heterocycles. The van der Waals surface area contributed by atoms with E-state index < -0.39 is 0 Å². The predicted molar refractivity (Wildman–Crippen MR) is 94.1 cm³/mol. The summed E-state index contributed by atoms with van der Waals surface area (Å²) in [6.45, 7) is 6.83. The monoisotopic (exact) mass is 325 g/mol. The summed E-state index contributed by atoms with van der Waals surface area (Å²) in [7, 11) is 0. The second-order valence-electron chi connectivity index (χ2n) is 7.15. The molecular formula is C20H27N3O. The first-order valence-electron chi connectivity index (χ1n) is 9.21. The van der Waals surface area contributed by atoms with Crippen LogP contribution in [-0.2, 0) is 11.3 Å². The molecule has 2 aliphatic rings. The Morgan fingerprint density at radius 3 is 2.71 bits per heavy atom. The highest BCUT2D eigenvalue weighted by Gasteiger charge is 2.43. The van der Waals surface area contributed by atoms with Crippen molar-refractivity contribution in [3.05, 3.63) is 35.4 Å². The molecule has 1 amide bonds. The van der Waals surface area contributed by atoms with Crippen LogP contribution in [-0.4, -0.2) is 41.9 Å². The third-order valence-corrected chi connectivity index (χ3v) is 5.29. The van der Waals surface area contributed by atoms with Gasteiger partial charge in [-0.05, 0) is 42.9 Å². The quantitative estimate of drug-likeness (QED) is 0.836. The van der Waals surface area contributed by atoms with E-state index in [9.17, 15) is 4.79 Å². The molecule has 0 aromatic heterocycles. The first-order chi connectivity index (χ1) is 11.7. The average Bonchev–Trinajstić information content (AvgIpc) is 3.39. The lowest BCUT2D eigenvalue weighted by Crippen LogP contribution is -2.36. The summed E-state index contributed by atoms with van der Waals surface area (Å²) >= 11 is 0. The van der Waals surface area contributed by atoms with Gasteiger partial charge in [0.1, 0.15) is 0 Å². The van der Waals surface area contributed by atoms with Gasteiger partial charge in [-0.3, -0.25) is 9.69 Å². The lowest BCUT2D eigenvalue weighted by atomic mass is 10.1. The highest BCUT2D eigenvalue weighted by molar-refractivity contribution is 5.81. The Bertz CT molecular complexity index is 604. The molecule has 4 heteroatoms. The van der Waals surface area contributed by atoms with Crippen LogP contribution in [0.5, 0.6) is 0 Å². The number of hydrogen-bond donors (Lipinski definition) is 0. The van der Waals surface area contributed by atoms with Crippen LogP contribution < -0.4 is 0 Å². The van der Waals surface area contributed by atoms with E-state index in [-0.39, 0.29) is 0 Å². The highest BCUT2D eigenvalue weighted by atomic mass is 16.2. The summed E-state index contributed by atoms with van der Waals surface area (Å²) in [5.74, 6) is 1.37. The maximum atomic E-state index is 12.6. The Morgan fingerprint density at radius 1 is 1.21 bits per heavy atom. The molecule has 1 aromatic rings. The van der Waals surface area contributed by atoms with Gasteiger partial charge in [0.25, 0.3) is 0 Å².